The molecule has 6 aromatic rings. The van der Waals surface area contributed by atoms with E-state index in [0.29, 0.717) is 102 Å². The second kappa shape index (κ2) is 38.6. The Morgan fingerprint density at radius 2 is 0.918 bits per heavy atom. The minimum atomic E-state index is -1.31. The predicted octanol–water partition coefficient (Wildman–Crippen LogP) is 16.6. The van der Waals surface area contributed by atoms with Crippen molar-refractivity contribution in [2.24, 2.45) is 11.8 Å². The maximum Gasteiger partial charge on any atom is 0.488 e. The van der Waals surface area contributed by atoms with Crippen molar-refractivity contribution in [2.45, 2.75) is 221 Å². The van der Waals surface area contributed by atoms with Crippen LogP contribution in [0.15, 0.2) is 78.2 Å². The lowest BCUT2D eigenvalue weighted by atomic mass is 9.49. The second-order valence-corrected chi connectivity index (χ2v) is 47.1. The van der Waals surface area contributed by atoms with Crippen LogP contribution in [0.25, 0.3) is 11.4 Å². The molecule has 4 saturated heterocycles. The highest BCUT2D eigenvalue weighted by molar-refractivity contribution is 9.10. The summed E-state index contributed by atoms with van der Waals surface area (Å²) in [5, 5.41) is 12.4. The normalized spacial score (nSPS) is 17.0. The lowest BCUT2D eigenvalue weighted by Crippen LogP contribution is -2.41. The Labute approximate surface area is 672 Å². The van der Waals surface area contributed by atoms with Gasteiger partial charge in [-0.15, -0.1) is 0 Å². The van der Waals surface area contributed by atoms with Crippen molar-refractivity contribution in [3.63, 3.8) is 0 Å². The van der Waals surface area contributed by atoms with Gasteiger partial charge in [0.25, 0.3) is 11.8 Å². The third-order valence-corrected chi connectivity index (χ3v) is 23.3. The molecule has 0 spiro atoms. The van der Waals surface area contributed by atoms with Crippen LogP contribution in [0, 0.1) is 23.5 Å². The van der Waals surface area contributed by atoms with E-state index in [9.17, 15) is 19.2 Å². The minimum Gasteiger partial charge on any atom is -0.444 e. The van der Waals surface area contributed by atoms with Crippen molar-refractivity contribution in [1.82, 2.24) is 49.7 Å². The van der Waals surface area contributed by atoms with E-state index in [2.05, 4.69) is 106 Å². The molecule has 604 valence electrons. The summed E-state index contributed by atoms with van der Waals surface area (Å²) in [5.41, 5.74) is -0.271. The molecule has 36 heteroatoms. The van der Waals surface area contributed by atoms with Crippen molar-refractivity contribution in [3.8, 4) is 11.4 Å². The van der Waals surface area contributed by atoms with Gasteiger partial charge in [-0.05, 0) is 187 Å². The van der Waals surface area contributed by atoms with Crippen molar-refractivity contribution in [3.05, 3.63) is 117 Å². The van der Waals surface area contributed by atoms with Crippen LogP contribution in [-0.2, 0) is 51.0 Å². The van der Waals surface area contributed by atoms with Gasteiger partial charge in [-0.3, -0.25) is 9.59 Å². The Morgan fingerprint density at radius 1 is 0.555 bits per heavy atom. The third kappa shape index (κ3) is 28.0. The fourth-order valence-electron chi connectivity index (χ4n) is 11.4. The fraction of sp³-hybridized carbons (Fsp3) is 0.595. The molecule has 0 bridgehead atoms. The highest BCUT2D eigenvalue weighted by atomic mass is 79.9. The van der Waals surface area contributed by atoms with Gasteiger partial charge >= 0.3 is 26.2 Å². The number of aromatic nitrogens is 8. The van der Waals surface area contributed by atoms with E-state index in [1.54, 1.807) is 51.9 Å². The number of piperidine rings is 2. The minimum absolute atomic E-state index is 0.0925. The number of amides is 4. The first-order valence-electron chi connectivity index (χ1n) is 37.0. The molecule has 0 atom stereocenters. The molecule has 0 unspecified atom stereocenters. The van der Waals surface area contributed by atoms with E-state index in [1.165, 1.54) is 30.9 Å². The van der Waals surface area contributed by atoms with Crippen molar-refractivity contribution < 1.29 is 65.5 Å². The Kier molecular flexibility index (Phi) is 31.9. The molecule has 4 aromatic heterocycles. The third-order valence-electron chi connectivity index (χ3n) is 18.8. The fourth-order valence-corrected chi connectivity index (χ4v) is 13.8. The number of imidazole rings is 2. The first kappa shape index (κ1) is 90.8. The van der Waals surface area contributed by atoms with Gasteiger partial charge in [0.15, 0.2) is 0 Å². The lowest BCUT2D eigenvalue weighted by molar-refractivity contribution is 0.00578. The van der Waals surface area contributed by atoms with E-state index < -0.39 is 77.0 Å². The number of carbonyl (C=O) groups excluding carboxylic acids is 4. The molecule has 110 heavy (non-hydrogen) atoms. The maximum atomic E-state index is 15.3. The van der Waals surface area contributed by atoms with Gasteiger partial charge in [0.1, 0.15) is 74.7 Å². The van der Waals surface area contributed by atoms with Gasteiger partial charge in [0, 0.05) is 93.2 Å². The van der Waals surface area contributed by atoms with Crippen LogP contribution >= 0.6 is 50.7 Å². The Balaban J connectivity index is 0.000000232. The molecule has 4 aliphatic rings. The number of rotatable bonds is 22. The molecule has 2 aromatic carbocycles. The number of hydrogen-bond acceptors (Lipinski definition) is 20. The van der Waals surface area contributed by atoms with E-state index in [-0.39, 0.29) is 64.5 Å². The standard InChI is InChI=1S/C31H43ClFN7O4Si.C27H41BrFN5O4Si.C12H24B2O4.C4H2Cl2N2/c1-31(2,3)44-30(42)34-17-21-10-12-39(13-11-21)27-22(33)8-7-9-23(27)38-29(41)28-37-25(24-16-26(32)36-19-35-24)18-40(28)20-43-14-15-45(4,5)6;1-27(2,3)38-26(36)30-16-19-10-12-33(13-11-19)23-20(29)8-7-9-21(23)31-25(35)24-32-22(28)17-34(24)18-37-14-15-39(4,5)6;1-9(2)10(3,4)16-13(15-9)14-17-11(5,6)12(7,8)18-14;5-3-1-4(6)8-2-7-3/h7-9,16,18-19,21H,10-15,17,20H2,1-6H3,(H,34,42)(H,38,41);7-9,17,19H,10-16,18H2,1-6H3,(H,30,36)(H,31,35);1-8H3;1-2H. The quantitative estimate of drug-likeness (QED) is 0.0279. The number of anilines is 4. The Morgan fingerprint density at radius 3 is 1.27 bits per heavy atom. The van der Waals surface area contributed by atoms with E-state index in [4.69, 9.17) is 72.4 Å². The molecular weight excluding hydrogens is 1580 g/mol. The van der Waals surface area contributed by atoms with Crippen LogP contribution in [0.3, 0.4) is 0 Å². The number of halogens is 6. The second-order valence-electron chi connectivity index (χ2n) is 33.9. The lowest BCUT2D eigenvalue weighted by Gasteiger charge is -2.35. The van der Waals surface area contributed by atoms with Gasteiger partial charge in [-0.25, -0.2) is 48.3 Å². The van der Waals surface area contributed by atoms with Crippen molar-refractivity contribution >= 4 is 128 Å². The molecule has 4 fully saturated rings. The SMILES string of the molecule is CC(C)(C)OC(=O)NCC1CCN(c2c(F)cccc2NC(=O)c2nc(-c3cc(Cl)ncn3)cn2COCC[Si](C)(C)C)CC1.CC(C)(C)OC(=O)NCC1CCN(c2c(F)cccc2NC(=O)c2nc(Br)cn2COCC[Si](C)(C)C)CC1.CC1(C)OB(B2OC(C)(C)C(C)(C)O2)OC1(C)C.Clc1cc(Cl)ncn1. The van der Waals surface area contributed by atoms with Gasteiger partial charge in [-0.1, -0.05) is 86.2 Å². The summed E-state index contributed by atoms with van der Waals surface area (Å²) in [6.07, 6.45) is 8.15. The van der Waals surface area contributed by atoms with Crippen molar-refractivity contribution in [2.75, 3.05) is 72.9 Å². The number of alkyl carbamates (subject to hydrolysis) is 2. The molecule has 4 amide bonds. The summed E-state index contributed by atoms with van der Waals surface area (Å²) >= 11 is 20.2. The number of carbonyl (C=O) groups is 4. The summed E-state index contributed by atoms with van der Waals surface area (Å²) in [5.74, 6) is -1.06. The zero-order valence-electron chi connectivity index (χ0n) is 67.2. The Hall–Kier alpha value is -6.37. The van der Waals surface area contributed by atoms with Crippen molar-refractivity contribution in [1.29, 1.82) is 0 Å². The average molecular weight is 1690 g/mol. The molecule has 0 aliphatic carbocycles. The molecule has 10 rings (SSSR count). The highest BCUT2D eigenvalue weighted by Gasteiger charge is 2.64. The van der Waals surface area contributed by atoms with Crippen LogP contribution in [0.2, 0.25) is 66.8 Å². The molecule has 4 N–H and O–H groups in total. The number of nitrogens with zero attached hydrogens (tertiary/aromatic N) is 10. The zero-order chi connectivity index (χ0) is 81.5. The number of para-hydroxylation sites is 2. The largest absolute Gasteiger partial charge is 0.488 e. The molecule has 8 heterocycles. The summed E-state index contributed by atoms with van der Waals surface area (Å²) in [6.45, 7) is 45.5. The highest BCUT2D eigenvalue weighted by Crippen LogP contribution is 2.44. The number of nitrogens with one attached hydrogen (secondary N) is 4. The van der Waals surface area contributed by atoms with E-state index >= 15 is 8.78 Å². The van der Waals surface area contributed by atoms with Crippen LogP contribution in [0.4, 0.5) is 41.1 Å². The summed E-state index contributed by atoms with van der Waals surface area (Å²) in [4.78, 5) is 79.1. The Bertz CT molecular complexity index is 3990. The molecule has 26 nitrogen and oxygen atoms in total. The van der Waals surface area contributed by atoms with Crippen LogP contribution in [0.5, 0.6) is 0 Å². The number of benzene rings is 2. The molecule has 0 radical (unpaired) electrons. The molecule has 0 saturated carbocycles. The van der Waals surface area contributed by atoms with E-state index in [1.807, 2.05) is 107 Å². The van der Waals surface area contributed by atoms with Gasteiger partial charge < -0.3 is 77.8 Å². The van der Waals surface area contributed by atoms with Crippen LogP contribution in [-0.4, -0.2) is 179 Å². The summed E-state index contributed by atoms with van der Waals surface area (Å²) < 4.78 is 80.4. The average Bonchev–Trinajstić information content (AvgIpc) is 1.59. The molecular formula is C74H110B2BrCl3F2N14O12Si2. The monoisotopic (exact) mass is 1690 g/mol. The van der Waals surface area contributed by atoms with Gasteiger partial charge in [0.05, 0.1) is 50.8 Å². The van der Waals surface area contributed by atoms with Crippen LogP contribution < -0.4 is 31.1 Å². The topological polar surface area (TPSA) is 284 Å². The van der Waals surface area contributed by atoms with Gasteiger partial charge in [-0.2, -0.15) is 0 Å². The first-order valence-corrected chi connectivity index (χ1v) is 46.3. The maximum absolute atomic E-state index is 15.3. The predicted molar refractivity (Wildman–Crippen MR) is 438 cm³/mol. The van der Waals surface area contributed by atoms with Gasteiger partial charge in [0.2, 0.25) is 11.6 Å². The zero-order valence-corrected chi connectivity index (χ0v) is 73.0. The summed E-state index contributed by atoms with van der Waals surface area (Å²) in [7, 11) is -3.49. The summed E-state index contributed by atoms with van der Waals surface area (Å²) in [6, 6.07) is 14.3. The van der Waals surface area contributed by atoms with E-state index in [0.717, 1.165) is 37.8 Å². The number of ether oxygens (including phenoxy) is 4. The molecule has 4 aliphatic heterocycles. The van der Waals surface area contributed by atoms with Crippen LogP contribution in [0.1, 0.15) is 144 Å². The first-order chi connectivity index (χ1) is 51.1. The smallest absolute Gasteiger partial charge is 0.444 e. The number of hydrogen-bond donors (Lipinski definition) is 4.